The highest BCUT2D eigenvalue weighted by Gasteiger charge is 2.11. The highest BCUT2D eigenvalue weighted by Crippen LogP contribution is 2.15. The summed E-state index contributed by atoms with van der Waals surface area (Å²) in [6.45, 7) is 10.1. The lowest BCUT2D eigenvalue weighted by Crippen LogP contribution is -2.31. The largest absolute Gasteiger partial charge is 0.314 e. The third kappa shape index (κ3) is 5.68. The summed E-state index contributed by atoms with van der Waals surface area (Å²) in [6, 6.07) is 9.63. The number of aryl methyl sites for hydroxylation is 2. The highest BCUT2D eigenvalue weighted by molar-refractivity contribution is 5.21. The Hall–Kier alpha value is -0.820. The van der Waals surface area contributed by atoms with E-state index in [-0.39, 0.29) is 0 Å². The molecular weight excluding hydrogens is 218 g/mol. The van der Waals surface area contributed by atoms with Crippen LogP contribution in [0.15, 0.2) is 24.3 Å². The van der Waals surface area contributed by atoms with Crippen molar-refractivity contribution in [3.63, 3.8) is 0 Å². The fourth-order valence-electron chi connectivity index (χ4n) is 2.34. The van der Waals surface area contributed by atoms with Crippen molar-refractivity contribution in [2.24, 2.45) is 5.92 Å². The summed E-state index contributed by atoms with van der Waals surface area (Å²) in [4.78, 5) is 0. The normalized spacial score (nSPS) is 14.4. The van der Waals surface area contributed by atoms with Crippen LogP contribution >= 0.6 is 0 Å². The van der Waals surface area contributed by atoms with Gasteiger partial charge in [-0.3, -0.25) is 0 Å². The van der Waals surface area contributed by atoms with Crippen molar-refractivity contribution in [2.75, 3.05) is 6.54 Å². The molecule has 0 bridgehead atoms. The fourth-order valence-corrected chi connectivity index (χ4v) is 2.34. The molecule has 0 aliphatic heterocycles. The van der Waals surface area contributed by atoms with Crippen LogP contribution in [0.5, 0.6) is 0 Å². The smallest absolute Gasteiger partial charge is 0.00726 e. The molecule has 1 nitrogen and oxygen atoms in total. The quantitative estimate of drug-likeness (QED) is 0.720. The van der Waals surface area contributed by atoms with Crippen molar-refractivity contribution in [3.8, 4) is 0 Å². The number of hydrogen-bond acceptors (Lipinski definition) is 1. The number of benzene rings is 1. The number of nitrogens with one attached hydrogen (secondary N) is 1. The molecular formula is C17H29N. The first kappa shape index (κ1) is 15.2. The van der Waals surface area contributed by atoms with Crippen molar-refractivity contribution >= 4 is 0 Å². The molecule has 0 amide bonds. The van der Waals surface area contributed by atoms with Crippen LogP contribution in [0.25, 0.3) is 0 Å². The molecule has 0 spiro atoms. The van der Waals surface area contributed by atoms with Crippen LogP contribution in [-0.2, 0) is 6.42 Å². The van der Waals surface area contributed by atoms with E-state index in [1.165, 1.54) is 36.8 Å². The van der Waals surface area contributed by atoms with Gasteiger partial charge in [-0.25, -0.2) is 0 Å². The van der Waals surface area contributed by atoms with Gasteiger partial charge in [0, 0.05) is 6.04 Å². The summed E-state index contributed by atoms with van der Waals surface area (Å²) >= 11 is 0. The molecule has 0 heterocycles. The van der Waals surface area contributed by atoms with Gasteiger partial charge in [0.05, 0.1) is 0 Å². The molecule has 0 radical (unpaired) electrons. The Morgan fingerprint density at radius 1 is 1.11 bits per heavy atom. The molecule has 18 heavy (non-hydrogen) atoms. The molecule has 102 valence electrons. The van der Waals surface area contributed by atoms with Crippen molar-refractivity contribution < 1.29 is 0 Å². The van der Waals surface area contributed by atoms with Crippen LogP contribution in [0.1, 0.15) is 51.2 Å². The standard InChI is InChI=1S/C17H29N/c1-5-14(3)13-17(18-6-2)12-11-16-9-7-15(4)8-10-16/h7-10,14,17-18H,5-6,11-13H2,1-4H3. The van der Waals surface area contributed by atoms with Crippen LogP contribution < -0.4 is 5.32 Å². The topological polar surface area (TPSA) is 12.0 Å². The van der Waals surface area contributed by atoms with Gasteiger partial charge in [0.1, 0.15) is 0 Å². The minimum atomic E-state index is 0.672. The van der Waals surface area contributed by atoms with Gasteiger partial charge in [-0.1, -0.05) is 57.0 Å². The lowest BCUT2D eigenvalue weighted by Gasteiger charge is -2.21. The van der Waals surface area contributed by atoms with Crippen molar-refractivity contribution in [2.45, 2.75) is 59.4 Å². The molecule has 0 saturated heterocycles. The molecule has 1 rings (SSSR count). The van der Waals surface area contributed by atoms with Gasteiger partial charge in [0.2, 0.25) is 0 Å². The minimum Gasteiger partial charge on any atom is -0.314 e. The first-order valence-corrected chi connectivity index (χ1v) is 7.44. The number of rotatable bonds is 8. The second-order valence-electron chi connectivity index (χ2n) is 5.53. The Morgan fingerprint density at radius 3 is 2.33 bits per heavy atom. The van der Waals surface area contributed by atoms with E-state index < -0.39 is 0 Å². The number of hydrogen-bond donors (Lipinski definition) is 1. The molecule has 1 aromatic carbocycles. The van der Waals surface area contributed by atoms with Gasteiger partial charge < -0.3 is 5.32 Å². The summed E-state index contributed by atoms with van der Waals surface area (Å²) < 4.78 is 0. The highest BCUT2D eigenvalue weighted by atomic mass is 14.9. The van der Waals surface area contributed by atoms with Crippen molar-refractivity contribution in [1.82, 2.24) is 5.32 Å². The van der Waals surface area contributed by atoms with E-state index in [9.17, 15) is 0 Å². The van der Waals surface area contributed by atoms with E-state index in [4.69, 9.17) is 0 Å². The Bertz CT molecular complexity index is 315. The molecule has 0 fully saturated rings. The molecule has 0 aliphatic rings. The Kier molecular flexibility index (Phi) is 7.04. The van der Waals surface area contributed by atoms with E-state index in [0.717, 1.165) is 12.5 Å². The molecule has 1 heteroatoms. The van der Waals surface area contributed by atoms with E-state index in [1.807, 2.05) is 0 Å². The van der Waals surface area contributed by atoms with Crippen LogP contribution in [0, 0.1) is 12.8 Å². The van der Waals surface area contributed by atoms with E-state index in [2.05, 4.69) is 57.3 Å². The first-order valence-electron chi connectivity index (χ1n) is 7.44. The van der Waals surface area contributed by atoms with Gasteiger partial charge in [-0.05, 0) is 44.2 Å². The lowest BCUT2D eigenvalue weighted by molar-refractivity contribution is 0.382. The maximum atomic E-state index is 3.63. The van der Waals surface area contributed by atoms with Crippen molar-refractivity contribution in [1.29, 1.82) is 0 Å². The SMILES string of the molecule is CCNC(CCc1ccc(C)cc1)CC(C)CC. The lowest BCUT2D eigenvalue weighted by atomic mass is 9.94. The first-order chi connectivity index (χ1) is 8.65. The van der Waals surface area contributed by atoms with Gasteiger partial charge in [-0.15, -0.1) is 0 Å². The van der Waals surface area contributed by atoms with Gasteiger partial charge >= 0.3 is 0 Å². The van der Waals surface area contributed by atoms with E-state index in [1.54, 1.807) is 0 Å². The molecule has 0 saturated carbocycles. The Balaban J connectivity index is 2.43. The van der Waals surface area contributed by atoms with Gasteiger partial charge in [0.25, 0.3) is 0 Å². The zero-order chi connectivity index (χ0) is 13.4. The molecule has 0 aliphatic carbocycles. The predicted octanol–water partition coefficient (Wildman–Crippen LogP) is 4.34. The predicted molar refractivity (Wildman–Crippen MR) is 81.0 cm³/mol. The average molecular weight is 247 g/mol. The van der Waals surface area contributed by atoms with E-state index in [0.29, 0.717) is 6.04 Å². The Labute approximate surface area is 113 Å². The third-order valence-electron chi connectivity index (χ3n) is 3.78. The van der Waals surface area contributed by atoms with Crippen LogP contribution in [0.4, 0.5) is 0 Å². The van der Waals surface area contributed by atoms with Gasteiger partial charge in [0.15, 0.2) is 0 Å². The second-order valence-corrected chi connectivity index (χ2v) is 5.53. The molecule has 0 aromatic heterocycles. The van der Waals surface area contributed by atoms with Crippen LogP contribution in [0.3, 0.4) is 0 Å². The van der Waals surface area contributed by atoms with Crippen molar-refractivity contribution in [3.05, 3.63) is 35.4 Å². The van der Waals surface area contributed by atoms with Crippen LogP contribution in [0.2, 0.25) is 0 Å². The van der Waals surface area contributed by atoms with Gasteiger partial charge in [-0.2, -0.15) is 0 Å². The Morgan fingerprint density at radius 2 is 1.78 bits per heavy atom. The summed E-state index contributed by atoms with van der Waals surface area (Å²) in [5.41, 5.74) is 2.81. The monoisotopic (exact) mass is 247 g/mol. The maximum absolute atomic E-state index is 3.63. The third-order valence-corrected chi connectivity index (χ3v) is 3.78. The molecule has 2 atom stereocenters. The van der Waals surface area contributed by atoms with E-state index >= 15 is 0 Å². The maximum Gasteiger partial charge on any atom is 0.00726 e. The summed E-state index contributed by atoms with van der Waals surface area (Å²) in [6.07, 6.45) is 5.03. The second kappa shape index (κ2) is 8.31. The fraction of sp³-hybridized carbons (Fsp3) is 0.647. The van der Waals surface area contributed by atoms with Crippen LogP contribution in [-0.4, -0.2) is 12.6 Å². The molecule has 1 aromatic rings. The summed E-state index contributed by atoms with van der Waals surface area (Å²) in [5, 5.41) is 3.63. The molecule has 2 unspecified atom stereocenters. The summed E-state index contributed by atoms with van der Waals surface area (Å²) in [5.74, 6) is 0.826. The zero-order valence-electron chi connectivity index (χ0n) is 12.5. The average Bonchev–Trinajstić information content (AvgIpc) is 2.38. The summed E-state index contributed by atoms with van der Waals surface area (Å²) in [7, 11) is 0. The minimum absolute atomic E-state index is 0.672. The zero-order valence-corrected chi connectivity index (χ0v) is 12.5. The molecule has 1 N–H and O–H groups in total.